The molecule has 2 aliphatic heterocycles. The molecule has 1 N–H and O–H groups in total. The topological polar surface area (TPSA) is 102 Å². The second-order valence-corrected chi connectivity index (χ2v) is 10.3. The van der Waals surface area contributed by atoms with Crippen LogP contribution in [0.3, 0.4) is 0 Å². The number of esters is 1. The largest absolute Gasteiger partial charge is 0.488 e. The third-order valence-corrected chi connectivity index (χ3v) is 7.92. The maximum atomic E-state index is 13.2. The number of nitrogens with zero attached hydrogens (tertiary/aromatic N) is 1. The van der Waals surface area contributed by atoms with E-state index in [0.717, 1.165) is 31.2 Å². The molecular formula is C25H28N2O6S. The van der Waals surface area contributed by atoms with Crippen LogP contribution in [0.25, 0.3) is 6.08 Å². The van der Waals surface area contributed by atoms with Gasteiger partial charge in [0.2, 0.25) is 10.0 Å². The molecule has 0 unspecified atom stereocenters. The minimum absolute atomic E-state index is 0.0626. The Hall–Kier alpha value is -3.17. The van der Waals surface area contributed by atoms with Crippen LogP contribution in [-0.4, -0.2) is 50.9 Å². The van der Waals surface area contributed by atoms with E-state index in [0.29, 0.717) is 35.7 Å². The van der Waals surface area contributed by atoms with Crippen molar-refractivity contribution in [2.24, 2.45) is 0 Å². The number of benzene rings is 2. The van der Waals surface area contributed by atoms with Gasteiger partial charge in [-0.3, -0.25) is 4.79 Å². The van der Waals surface area contributed by atoms with Gasteiger partial charge >= 0.3 is 5.97 Å². The van der Waals surface area contributed by atoms with E-state index >= 15 is 0 Å². The molecule has 1 fully saturated rings. The van der Waals surface area contributed by atoms with E-state index in [1.54, 1.807) is 25.1 Å². The highest BCUT2D eigenvalue weighted by Gasteiger charge is 2.27. The number of amides is 1. The molecule has 0 spiro atoms. The van der Waals surface area contributed by atoms with Crippen molar-refractivity contribution in [2.75, 3.05) is 31.6 Å². The maximum Gasteiger partial charge on any atom is 0.338 e. The molecule has 8 nitrogen and oxygen atoms in total. The van der Waals surface area contributed by atoms with E-state index in [4.69, 9.17) is 9.47 Å². The standard InChI is InChI=1S/C25H28N2O6S/c1-18-10-11-21(15-23(18)34(30,31)27-12-6-2-3-7-13-27)26-24(28)17-33-25(29)20-14-19-8-4-5-9-22(19)32-16-20/h4-5,8-11,14-15H,2-3,6-7,12-13,16-17H2,1H3,(H,26,28). The SMILES string of the molecule is Cc1ccc(NC(=O)COC(=O)C2=Cc3ccccc3OC2)cc1S(=O)(=O)N1CCCCCC1. The number of nitrogens with one attached hydrogen (secondary N) is 1. The highest BCUT2D eigenvalue weighted by atomic mass is 32.2. The fourth-order valence-corrected chi connectivity index (χ4v) is 5.80. The predicted octanol–water partition coefficient (Wildman–Crippen LogP) is 3.52. The third kappa shape index (κ3) is 5.48. The second-order valence-electron chi connectivity index (χ2n) is 8.42. The van der Waals surface area contributed by atoms with E-state index in [1.807, 2.05) is 24.3 Å². The van der Waals surface area contributed by atoms with Gasteiger partial charge in [0.25, 0.3) is 5.91 Å². The molecule has 0 saturated carbocycles. The minimum atomic E-state index is -3.66. The molecule has 0 radical (unpaired) electrons. The predicted molar refractivity (Wildman–Crippen MR) is 128 cm³/mol. The number of hydrogen-bond donors (Lipinski definition) is 1. The molecule has 2 aromatic rings. The van der Waals surface area contributed by atoms with E-state index in [2.05, 4.69) is 5.32 Å². The second kappa shape index (κ2) is 10.4. The third-order valence-electron chi connectivity index (χ3n) is 5.88. The van der Waals surface area contributed by atoms with E-state index in [9.17, 15) is 18.0 Å². The molecule has 1 saturated heterocycles. The molecule has 1 amide bonds. The number of hydrogen-bond acceptors (Lipinski definition) is 6. The normalized spacial score (nSPS) is 16.4. The van der Waals surface area contributed by atoms with E-state index in [-0.39, 0.29) is 11.5 Å². The average Bonchev–Trinajstić information content (AvgIpc) is 3.14. The summed E-state index contributed by atoms with van der Waals surface area (Å²) in [6, 6.07) is 12.1. The smallest absolute Gasteiger partial charge is 0.338 e. The van der Waals surface area contributed by atoms with Gasteiger partial charge in [0.05, 0.1) is 10.5 Å². The maximum absolute atomic E-state index is 13.2. The number of sulfonamides is 1. The molecule has 2 aromatic carbocycles. The lowest BCUT2D eigenvalue weighted by Gasteiger charge is -2.21. The Balaban J connectivity index is 1.39. The van der Waals surface area contributed by atoms with Crippen LogP contribution in [0.15, 0.2) is 52.9 Å². The van der Waals surface area contributed by atoms with Crippen LogP contribution < -0.4 is 10.1 Å². The molecule has 2 heterocycles. The molecule has 0 bridgehead atoms. The van der Waals surface area contributed by atoms with Crippen LogP contribution in [0.2, 0.25) is 0 Å². The first-order chi connectivity index (χ1) is 16.3. The number of carbonyl (C=O) groups excluding carboxylic acids is 2. The fourth-order valence-electron chi connectivity index (χ4n) is 4.03. The molecule has 34 heavy (non-hydrogen) atoms. The van der Waals surface area contributed by atoms with E-state index < -0.39 is 28.5 Å². The lowest BCUT2D eigenvalue weighted by atomic mass is 10.1. The molecule has 4 rings (SSSR count). The van der Waals surface area contributed by atoms with Crippen molar-refractivity contribution >= 4 is 33.7 Å². The van der Waals surface area contributed by atoms with Crippen molar-refractivity contribution in [2.45, 2.75) is 37.5 Å². The average molecular weight is 485 g/mol. The van der Waals surface area contributed by atoms with Crippen LogP contribution in [0.5, 0.6) is 5.75 Å². The van der Waals surface area contributed by atoms with Crippen molar-refractivity contribution in [1.82, 2.24) is 4.31 Å². The minimum Gasteiger partial charge on any atom is -0.488 e. The highest BCUT2D eigenvalue weighted by molar-refractivity contribution is 7.89. The summed E-state index contributed by atoms with van der Waals surface area (Å²) in [5.41, 5.74) is 2.02. The van der Waals surface area contributed by atoms with Gasteiger partial charge < -0.3 is 14.8 Å². The van der Waals surface area contributed by atoms with Crippen molar-refractivity contribution in [3.05, 3.63) is 59.2 Å². The molecule has 2 aliphatic rings. The lowest BCUT2D eigenvalue weighted by molar-refractivity contribution is -0.143. The number of aryl methyl sites for hydroxylation is 1. The van der Waals surface area contributed by atoms with Gasteiger partial charge in [0.15, 0.2) is 6.61 Å². The molecule has 0 aromatic heterocycles. The lowest BCUT2D eigenvalue weighted by Crippen LogP contribution is -2.32. The van der Waals surface area contributed by atoms with Crippen LogP contribution in [0.1, 0.15) is 36.8 Å². The quantitative estimate of drug-likeness (QED) is 0.630. The van der Waals surface area contributed by atoms with Crippen LogP contribution in [0, 0.1) is 6.92 Å². The zero-order valence-electron chi connectivity index (χ0n) is 19.1. The first kappa shape index (κ1) is 24.0. The summed E-state index contributed by atoms with van der Waals surface area (Å²) in [4.78, 5) is 24.9. The number of carbonyl (C=O) groups is 2. The zero-order valence-corrected chi connectivity index (χ0v) is 19.9. The Kier molecular flexibility index (Phi) is 7.33. The van der Waals surface area contributed by atoms with Crippen LogP contribution >= 0.6 is 0 Å². The van der Waals surface area contributed by atoms with Gasteiger partial charge in [0.1, 0.15) is 12.4 Å². The monoisotopic (exact) mass is 484 g/mol. The van der Waals surface area contributed by atoms with Gasteiger partial charge in [-0.05, 0) is 49.6 Å². The number of anilines is 1. The molecule has 0 aliphatic carbocycles. The summed E-state index contributed by atoms with van der Waals surface area (Å²) < 4.78 is 38.6. The number of fused-ring (bicyclic) bond motifs is 1. The van der Waals surface area contributed by atoms with Crippen LogP contribution in [0.4, 0.5) is 5.69 Å². The van der Waals surface area contributed by atoms with Gasteiger partial charge in [-0.25, -0.2) is 13.2 Å². The highest BCUT2D eigenvalue weighted by Crippen LogP contribution is 2.27. The molecular weight excluding hydrogens is 456 g/mol. The summed E-state index contributed by atoms with van der Waals surface area (Å²) in [7, 11) is -3.66. The van der Waals surface area contributed by atoms with Gasteiger partial charge in [-0.1, -0.05) is 37.1 Å². The van der Waals surface area contributed by atoms with E-state index in [1.165, 1.54) is 10.4 Å². The van der Waals surface area contributed by atoms with Crippen molar-refractivity contribution in [1.29, 1.82) is 0 Å². The van der Waals surface area contributed by atoms with Gasteiger partial charge in [-0.2, -0.15) is 4.31 Å². The summed E-state index contributed by atoms with van der Waals surface area (Å²) in [6.45, 7) is 2.29. The van der Waals surface area contributed by atoms with Crippen molar-refractivity contribution in [3.8, 4) is 5.75 Å². The fraction of sp³-hybridized carbons (Fsp3) is 0.360. The number of para-hydroxylation sites is 1. The Morgan fingerprint density at radius 1 is 1.06 bits per heavy atom. The van der Waals surface area contributed by atoms with Gasteiger partial charge in [0, 0.05) is 24.3 Å². The van der Waals surface area contributed by atoms with Crippen molar-refractivity contribution < 1.29 is 27.5 Å². The number of ether oxygens (including phenoxy) is 2. The Morgan fingerprint density at radius 3 is 2.56 bits per heavy atom. The summed E-state index contributed by atoms with van der Waals surface area (Å²) >= 11 is 0. The summed E-state index contributed by atoms with van der Waals surface area (Å²) in [6.07, 6.45) is 5.41. The van der Waals surface area contributed by atoms with Crippen LogP contribution in [-0.2, 0) is 24.3 Å². The summed E-state index contributed by atoms with van der Waals surface area (Å²) in [5, 5.41) is 2.62. The van der Waals surface area contributed by atoms with Gasteiger partial charge in [-0.15, -0.1) is 0 Å². The summed E-state index contributed by atoms with van der Waals surface area (Å²) in [5.74, 6) is -0.520. The Labute approximate surface area is 199 Å². The van der Waals surface area contributed by atoms with Crippen molar-refractivity contribution in [3.63, 3.8) is 0 Å². The molecule has 180 valence electrons. The number of rotatable bonds is 6. The molecule has 0 atom stereocenters. The Bertz CT molecular complexity index is 1210. The molecule has 9 heteroatoms. The first-order valence-electron chi connectivity index (χ1n) is 11.3. The first-order valence-corrected chi connectivity index (χ1v) is 12.8. The Morgan fingerprint density at radius 2 is 1.79 bits per heavy atom. The zero-order chi connectivity index (χ0) is 24.1.